The molecular formula is C26H29N5O4S. The van der Waals surface area contributed by atoms with Crippen LogP contribution in [0.25, 0.3) is 5.69 Å². The van der Waals surface area contributed by atoms with Crippen LogP contribution >= 0.6 is 12.2 Å². The lowest BCUT2D eigenvalue weighted by molar-refractivity contribution is 0.0583. The molecule has 2 heterocycles. The van der Waals surface area contributed by atoms with Gasteiger partial charge in [0.1, 0.15) is 5.75 Å². The van der Waals surface area contributed by atoms with Crippen molar-refractivity contribution >= 4 is 35.2 Å². The van der Waals surface area contributed by atoms with Crippen molar-refractivity contribution in [1.29, 1.82) is 0 Å². The Bertz CT molecular complexity index is 1280. The molecule has 0 spiro atoms. The summed E-state index contributed by atoms with van der Waals surface area (Å²) >= 11 is 5.42. The van der Waals surface area contributed by atoms with Crippen LogP contribution < -0.4 is 15.5 Å². The highest BCUT2D eigenvalue weighted by atomic mass is 32.1. The van der Waals surface area contributed by atoms with E-state index in [4.69, 9.17) is 26.4 Å². The Balaban J connectivity index is 1.44. The minimum atomic E-state index is -0.468. The molecule has 1 aliphatic rings. The molecule has 0 saturated heterocycles. The van der Waals surface area contributed by atoms with E-state index in [2.05, 4.69) is 34.8 Å². The number of benzene rings is 2. The fraction of sp³-hybridized carbons (Fsp3) is 0.308. The van der Waals surface area contributed by atoms with Crippen LogP contribution in [-0.2, 0) is 22.5 Å². The molecule has 2 N–H and O–H groups in total. The number of nitrogens with zero attached hydrogens (tertiary/aromatic N) is 3. The number of hydrazone groups is 1. The highest BCUT2D eigenvalue weighted by molar-refractivity contribution is 7.80. The van der Waals surface area contributed by atoms with E-state index >= 15 is 0 Å². The molecule has 1 aromatic heterocycles. The summed E-state index contributed by atoms with van der Waals surface area (Å²) in [4.78, 5) is 12.2. The molecule has 0 bridgehead atoms. The van der Waals surface area contributed by atoms with E-state index in [0.717, 1.165) is 39.5 Å². The van der Waals surface area contributed by atoms with Crippen LogP contribution in [0, 0.1) is 0 Å². The second-order valence-corrected chi connectivity index (χ2v) is 8.91. The highest BCUT2D eigenvalue weighted by Gasteiger charge is 2.26. The number of thiocarbonyl (C=S) groups is 1. The van der Waals surface area contributed by atoms with Crippen LogP contribution in [0.2, 0.25) is 0 Å². The predicted octanol–water partition coefficient (Wildman–Crippen LogP) is 4.18. The number of hydrogen-bond donors (Lipinski definition) is 2. The number of ether oxygens (including phenoxy) is 3. The molecule has 0 unspecified atom stereocenters. The van der Waals surface area contributed by atoms with E-state index in [1.165, 1.54) is 7.11 Å². The van der Waals surface area contributed by atoms with Crippen molar-refractivity contribution in [2.45, 2.75) is 32.8 Å². The van der Waals surface area contributed by atoms with Gasteiger partial charge in [-0.1, -0.05) is 32.0 Å². The number of hydrogen-bond acceptors (Lipinski definition) is 7. The molecule has 3 aromatic rings. The molecule has 0 saturated carbocycles. The van der Waals surface area contributed by atoms with E-state index in [-0.39, 0.29) is 0 Å². The molecule has 36 heavy (non-hydrogen) atoms. The van der Waals surface area contributed by atoms with E-state index in [9.17, 15) is 4.79 Å². The van der Waals surface area contributed by atoms with Crippen LogP contribution in [0.5, 0.6) is 5.75 Å². The zero-order valence-electron chi connectivity index (χ0n) is 20.7. The molecular weight excluding hydrogens is 478 g/mol. The van der Waals surface area contributed by atoms with Crippen LogP contribution in [-0.4, -0.2) is 47.9 Å². The van der Waals surface area contributed by atoms with Crippen LogP contribution in [0.1, 0.15) is 52.6 Å². The topological polar surface area (TPSA) is 99.0 Å². The molecule has 0 radical (unpaired) electrons. The second kappa shape index (κ2) is 11.3. The van der Waals surface area contributed by atoms with E-state index in [1.54, 1.807) is 18.0 Å². The van der Waals surface area contributed by atoms with Gasteiger partial charge >= 0.3 is 5.97 Å². The fourth-order valence-electron chi connectivity index (χ4n) is 4.00. The average molecular weight is 508 g/mol. The standard InChI is InChI=1S/C26H29N5O4S/c1-16(2)20-10-9-19(33-3)13-22(20)28-26(36)29-27-14-17-5-7-18(8-6-17)31-23-11-12-35-15-21(23)24(30-31)25(32)34-4/h5-10,13-14,16H,11-12,15H2,1-4H3,(H2,28,29,36). The van der Waals surface area contributed by atoms with Crippen molar-refractivity contribution in [3.63, 3.8) is 0 Å². The Labute approximate surface area is 215 Å². The monoisotopic (exact) mass is 507 g/mol. The van der Waals surface area contributed by atoms with Crippen molar-refractivity contribution in [2.75, 3.05) is 26.1 Å². The van der Waals surface area contributed by atoms with Gasteiger partial charge in [0.2, 0.25) is 0 Å². The number of anilines is 1. The zero-order valence-corrected chi connectivity index (χ0v) is 21.5. The number of esters is 1. The number of fused-ring (bicyclic) bond motifs is 1. The third-order valence-corrected chi connectivity index (χ3v) is 6.04. The van der Waals surface area contributed by atoms with Gasteiger partial charge in [-0.3, -0.25) is 5.43 Å². The summed E-state index contributed by atoms with van der Waals surface area (Å²) in [5.41, 5.74) is 8.60. The Morgan fingerprint density at radius 2 is 2.00 bits per heavy atom. The first-order chi connectivity index (χ1) is 17.4. The van der Waals surface area contributed by atoms with Crippen molar-refractivity contribution in [1.82, 2.24) is 15.2 Å². The molecule has 0 fully saturated rings. The number of carbonyl (C=O) groups is 1. The van der Waals surface area contributed by atoms with Crippen LogP contribution in [0.4, 0.5) is 5.69 Å². The minimum absolute atomic E-state index is 0.291. The first-order valence-corrected chi connectivity index (χ1v) is 12.0. The van der Waals surface area contributed by atoms with E-state index in [0.29, 0.717) is 36.4 Å². The molecule has 0 atom stereocenters. The lowest BCUT2D eigenvalue weighted by Crippen LogP contribution is -2.24. The Hall–Kier alpha value is -3.76. The van der Waals surface area contributed by atoms with E-state index < -0.39 is 5.97 Å². The Morgan fingerprint density at radius 3 is 2.69 bits per heavy atom. The lowest BCUT2D eigenvalue weighted by Gasteiger charge is -2.16. The van der Waals surface area contributed by atoms with Crippen molar-refractivity contribution in [2.24, 2.45) is 5.10 Å². The lowest BCUT2D eigenvalue weighted by atomic mass is 10.0. The van der Waals surface area contributed by atoms with Gasteiger partial charge in [0, 0.05) is 23.7 Å². The molecule has 1 aliphatic heterocycles. The minimum Gasteiger partial charge on any atom is -0.497 e. The van der Waals surface area contributed by atoms with Gasteiger partial charge in [0.15, 0.2) is 10.8 Å². The van der Waals surface area contributed by atoms with E-state index in [1.807, 2.05) is 42.5 Å². The molecule has 9 nitrogen and oxygen atoms in total. The van der Waals surface area contributed by atoms with Gasteiger partial charge in [0.25, 0.3) is 0 Å². The Kier molecular flexibility index (Phi) is 7.97. The first kappa shape index (κ1) is 25.3. The molecule has 0 aliphatic carbocycles. The largest absolute Gasteiger partial charge is 0.497 e. The zero-order chi connectivity index (χ0) is 25.7. The van der Waals surface area contributed by atoms with Gasteiger partial charge in [-0.25, -0.2) is 9.48 Å². The summed E-state index contributed by atoms with van der Waals surface area (Å²) in [6, 6.07) is 13.6. The molecule has 0 amide bonds. The van der Waals surface area contributed by atoms with Crippen molar-refractivity contribution < 1.29 is 19.0 Å². The van der Waals surface area contributed by atoms with Gasteiger partial charge < -0.3 is 19.5 Å². The molecule has 188 valence electrons. The second-order valence-electron chi connectivity index (χ2n) is 8.50. The summed E-state index contributed by atoms with van der Waals surface area (Å²) in [5, 5.41) is 12.3. The predicted molar refractivity (Wildman–Crippen MR) is 142 cm³/mol. The van der Waals surface area contributed by atoms with Crippen LogP contribution in [0.15, 0.2) is 47.6 Å². The molecule has 4 rings (SSSR count). The number of nitrogens with one attached hydrogen (secondary N) is 2. The van der Waals surface area contributed by atoms with Gasteiger partial charge in [-0.15, -0.1) is 0 Å². The van der Waals surface area contributed by atoms with Crippen LogP contribution in [0.3, 0.4) is 0 Å². The SMILES string of the molecule is COC(=O)c1nn(-c2ccc(C=NNC(=S)Nc3cc(OC)ccc3C(C)C)cc2)c2c1COCC2. The summed E-state index contributed by atoms with van der Waals surface area (Å²) in [5.74, 6) is 0.599. The first-order valence-electron chi connectivity index (χ1n) is 11.6. The summed E-state index contributed by atoms with van der Waals surface area (Å²) in [6.07, 6.45) is 2.35. The molecule has 10 heteroatoms. The number of rotatable bonds is 7. The maximum absolute atomic E-state index is 12.2. The third-order valence-electron chi connectivity index (χ3n) is 5.85. The smallest absolute Gasteiger partial charge is 0.358 e. The summed E-state index contributed by atoms with van der Waals surface area (Å²) < 4.78 is 17.5. The van der Waals surface area contributed by atoms with Crippen molar-refractivity contribution in [3.05, 3.63) is 70.5 Å². The number of carbonyl (C=O) groups excluding carboxylic acids is 1. The van der Waals surface area contributed by atoms with Crippen molar-refractivity contribution in [3.8, 4) is 11.4 Å². The maximum atomic E-state index is 12.2. The summed E-state index contributed by atoms with van der Waals surface area (Å²) in [6.45, 7) is 5.17. The van der Waals surface area contributed by atoms with Gasteiger partial charge in [-0.05, 0) is 47.5 Å². The summed E-state index contributed by atoms with van der Waals surface area (Å²) in [7, 11) is 2.98. The normalized spacial score (nSPS) is 12.9. The number of methoxy groups -OCH3 is 2. The third kappa shape index (κ3) is 5.55. The quantitative estimate of drug-likeness (QED) is 0.213. The maximum Gasteiger partial charge on any atom is 0.358 e. The highest BCUT2D eigenvalue weighted by Crippen LogP contribution is 2.28. The average Bonchev–Trinajstić information content (AvgIpc) is 3.28. The Morgan fingerprint density at radius 1 is 1.22 bits per heavy atom. The molecule has 2 aromatic carbocycles. The number of aromatic nitrogens is 2. The fourth-order valence-corrected chi connectivity index (χ4v) is 4.17. The van der Waals surface area contributed by atoms with Gasteiger partial charge in [0.05, 0.1) is 45.0 Å². The van der Waals surface area contributed by atoms with Gasteiger partial charge in [-0.2, -0.15) is 10.2 Å².